The van der Waals surface area contributed by atoms with Crippen LogP contribution in [0.15, 0.2) is 18.2 Å². The van der Waals surface area contributed by atoms with Crippen LogP contribution in [0.4, 0.5) is 0 Å². The average molecular weight is 351 g/mol. The van der Waals surface area contributed by atoms with E-state index in [1.807, 2.05) is 0 Å². The van der Waals surface area contributed by atoms with E-state index in [0.717, 1.165) is 0 Å². The minimum Gasteiger partial charge on any atom is -0.0833 e. The number of hydrogen-bond acceptors (Lipinski definition) is 0. The van der Waals surface area contributed by atoms with Crippen LogP contribution in [0.1, 0.15) is 100 Å². The Kier molecular flexibility index (Phi) is 5.57. The number of halogens is 1. The van der Waals surface area contributed by atoms with E-state index < -0.39 is 0 Å². The van der Waals surface area contributed by atoms with E-state index in [1.165, 1.54) is 48.8 Å². The van der Waals surface area contributed by atoms with Crippen molar-refractivity contribution in [3.05, 3.63) is 34.9 Å². The summed E-state index contributed by atoms with van der Waals surface area (Å²) in [6, 6.07) is 7.18. The zero-order chi connectivity index (χ0) is 15.6. The van der Waals surface area contributed by atoms with E-state index in [9.17, 15) is 0 Å². The van der Waals surface area contributed by atoms with Gasteiger partial charge in [0.1, 0.15) is 0 Å². The molecule has 0 aromatic heterocycles. The molecule has 0 radical (unpaired) electrons. The second-order valence-electron chi connectivity index (χ2n) is 7.78. The van der Waals surface area contributed by atoms with Crippen molar-refractivity contribution in [2.75, 3.05) is 0 Å². The summed E-state index contributed by atoms with van der Waals surface area (Å²) >= 11 is 4.08. The van der Waals surface area contributed by atoms with Crippen LogP contribution >= 0.6 is 15.9 Å². The third-order valence-corrected chi connectivity index (χ3v) is 6.88. The fraction of sp³-hybridized carbons (Fsp3) is 0.700. The van der Waals surface area contributed by atoms with Crippen LogP contribution in [-0.4, -0.2) is 0 Å². The molecule has 0 bridgehead atoms. The summed E-state index contributed by atoms with van der Waals surface area (Å²) in [5, 5.41) is 0. The Morgan fingerprint density at radius 3 is 2.05 bits per heavy atom. The first-order chi connectivity index (χ1) is 9.85. The molecule has 0 N–H and O–H groups in total. The fourth-order valence-corrected chi connectivity index (χ4v) is 4.55. The lowest BCUT2D eigenvalue weighted by Crippen LogP contribution is -2.26. The maximum Gasteiger partial charge on any atom is 0.0451 e. The maximum atomic E-state index is 4.08. The Bertz CT molecular complexity index is 467. The highest BCUT2D eigenvalue weighted by atomic mass is 79.9. The van der Waals surface area contributed by atoms with E-state index in [4.69, 9.17) is 0 Å². The van der Waals surface area contributed by atoms with Gasteiger partial charge in [0, 0.05) is 4.83 Å². The molecule has 1 aliphatic rings. The summed E-state index contributed by atoms with van der Waals surface area (Å²) in [4.78, 5) is 0.490. The normalized spacial score (nSPS) is 20.0. The van der Waals surface area contributed by atoms with Gasteiger partial charge in [-0.3, -0.25) is 0 Å². The van der Waals surface area contributed by atoms with Gasteiger partial charge in [-0.05, 0) is 46.8 Å². The molecule has 1 heteroatoms. The average Bonchev–Trinajstić information content (AvgIpc) is 2.46. The molecule has 0 nitrogen and oxygen atoms in total. The molecule has 21 heavy (non-hydrogen) atoms. The second-order valence-corrected chi connectivity index (χ2v) is 8.69. The fourth-order valence-electron chi connectivity index (χ4n) is 3.67. The van der Waals surface area contributed by atoms with E-state index >= 15 is 0 Å². The van der Waals surface area contributed by atoms with Crippen molar-refractivity contribution >= 4 is 15.9 Å². The Labute approximate surface area is 139 Å². The van der Waals surface area contributed by atoms with Crippen LogP contribution in [0.2, 0.25) is 0 Å². The quantitative estimate of drug-likeness (QED) is 0.498. The van der Waals surface area contributed by atoms with Gasteiger partial charge in [-0.25, -0.2) is 0 Å². The number of rotatable bonds is 4. The van der Waals surface area contributed by atoms with Crippen molar-refractivity contribution in [3.8, 4) is 0 Å². The summed E-state index contributed by atoms with van der Waals surface area (Å²) in [5.74, 6) is 1.20. The van der Waals surface area contributed by atoms with E-state index in [0.29, 0.717) is 22.1 Å². The lowest BCUT2D eigenvalue weighted by Gasteiger charge is -2.39. The predicted molar refractivity (Wildman–Crippen MR) is 97.5 cm³/mol. The Morgan fingerprint density at radius 1 is 0.905 bits per heavy atom. The Balaban J connectivity index is 2.37. The molecule has 1 saturated carbocycles. The van der Waals surface area contributed by atoms with Crippen LogP contribution in [0, 0.1) is 5.41 Å². The van der Waals surface area contributed by atoms with E-state index in [2.05, 4.69) is 68.7 Å². The van der Waals surface area contributed by atoms with Gasteiger partial charge in [-0.2, -0.15) is 0 Å². The third kappa shape index (κ3) is 3.73. The Morgan fingerprint density at radius 2 is 1.52 bits per heavy atom. The molecular formula is C20H31Br. The molecular weight excluding hydrogens is 320 g/mol. The van der Waals surface area contributed by atoms with Crippen molar-refractivity contribution < 1.29 is 0 Å². The van der Waals surface area contributed by atoms with Gasteiger partial charge < -0.3 is 0 Å². The van der Waals surface area contributed by atoms with Crippen molar-refractivity contribution in [3.63, 3.8) is 0 Å². The van der Waals surface area contributed by atoms with Gasteiger partial charge in [0.25, 0.3) is 0 Å². The lowest BCUT2D eigenvalue weighted by atomic mass is 9.70. The summed E-state index contributed by atoms with van der Waals surface area (Å²) in [6.07, 6.45) is 6.90. The Hall–Kier alpha value is -0.300. The molecule has 1 aromatic carbocycles. The zero-order valence-corrected chi connectivity index (χ0v) is 16.0. The van der Waals surface area contributed by atoms with Crippen LogP contribution in [-0.2, 0) is 0 Å². The highest BCUT2D eigenvalue weighted by Crippen LogP contribution is 2.51. The number of benzene rings is 1. The molecule has 0 amide bonds. The highest BCUT2D eigenvalue weighted by Gasteiger charge is 2.36. The highest BCUT2D eigenvalue weighted by molar-refractivity contribution is 9.09. The van der Waals surface area contributed by atoms with Gasteiger partial charge in [-0.1, -0.05) is 88.0 Å². The maximum absolute atomic E-state index is 4.08. The monoisotopic (exact) mass is 350 g/mol. The summed E-state index contributed by atoms with van der Waals surface area (Å²) in [7, 11) is 0. The first-order valence-electron chi connectivity index (χ1n) is 8.63. The predicted octanol–water partition coefficient (Wildman–Crippen LogP) is 7.34. The minimum atomic E-state index is 0.418. The summed E-state index contributed by atoms with van der Waals surface area (Å²) in [5.41, 5.74) is 4.95. The minimum absolute atomic E-state index is 0.418. The lowest BCUT2D eigenvalue weighted by molar-refractivity contribution is 0.212. The van der Waals surface area contributed by atoms with Gasteiger partial charge >= 0.3 is 0 Å². The zero-order valence-electron chi connectivity index (χ0n) is 14.4. The number of hydrogen-bond donors (Lipinski definition) is 0. The summed E-state index contributed by atoms with van der Waals surface area (Å²) in [6.45, 7) is 11.7. The van der Waals surface area contributed by atoms with Crippen LogP contribution in [0.25, 0.3) is 0 Å². The van der Waals surface area contributed by atoms with Gasteiger partial charge in [0.15, 0.2) is 0 Å². The van der Waals surface area contributed by atoms with Crippen LogP contribution in [0.5, 0.6) is 0 Å². The first-order valence-corrected chi connectivity index (χ1v) is 9.54. The SMILES string of the molecule is CC(C)c1ccc(C(Br)C2(C)CCCCC2)c(C(C)C)c1. The molecule has 1 aromatic rings. The third-order valence-electron chi connectivity index (χ3n) is 5.28. The van der Waals surface area contributed by atoms with Crippen molar-refractivity contribution in [1.82, 2.24) is 0 Å². The van der Waals surface area contributed by atoms with Crippen molar-refractivity contribution in [1.29, 1.82) is 0 Å². The molecule has 1 atom stereocenters. The van der Waals surface area contributed by atoms with Crippen LogP contribution in [0.3, 0.4) is 0 Å². The molecule has 0 spiro atoms. The molecule has 0 aliphatic heterocycles. The largest absolute Gasteiger partial charge is 0.0833 e. The van der Waals surface area contributed by atoms with Gasteiger partial charge in [-0.15, -0.1) is 0 Å². The van der Waals surface area contributed by atoms with Gasteiger partial charge in [0.05, 0.1) is 0 Å². The van der Waals surface area contributed by atoms with E-state index in [-0.39, 0.29) is 0 Å². The first kappa shape index (κ1) is 17.1. The molecule has 0 saturated heterocycles. The molecule has 1 fully saturated rings. The molecule has 118 valence electrons. The van der Waals surface area contributed by atoms with Gasteiger partial charge in [0.2, 0.25) is 0 Å². The smallest absolute Gasteiger partial charge is 0.0451 e. The topological polar surface area (TPSA) is 0 Å². The molecule has 0 heterocycles. The molecule has 2 rings (SSSR count). The summed E-state index contributed by atoms with van der Waals surface area (Å²) < 4.78 is 0. The van der Waals surface area contributed by atoms with E-state index in [1.54, 1.807) is 0 Å². The molecule has 1 unspecified atom stereocenters. The standard InChI is InChI=1S/C20H31Br/c1-14(2)16-9-10-17(18(13-16)15(3)4)19(21)20(5)11-7-6-8-12-20/h9-10,13-15,19H,6-8,11-12H2,1-5H3. The van der Waals surface area contributed by atoms with Crippen molar-refractivity contribution in [2.45, 2.75) is 83.4 Å². The molecule has 1 aliphatic carbocycles. The van der Waals surface area contributed by atoms with Crippen molar-refractivity contribution in [2.24, 2.45) is 5.41 Å². The number of alkyl halides is 1. The van der Waals surface area contributed by atoms with Crippen LogP contribution < -0.4 is 0 Å². The second kappa shape index (κ2) is 6.86.